The van der Waals surface area contributed by atoms with Crippen molar-refractivity contribution in [2.24, 2.45) is 0 Å². The Balaban J connectivity index is 1.90. The summed E-state index contributed by atoms with van der Waals surface area (Å²) in [6, 6.07) is 5.88. The molecular weight excluding hydrogens is 478 g/mol. The molecule has 3 heterocycles. The van der Waals surface area contributed by atoms with Gasteiger partial charge in [0.05, 0.1) is 47.1 Å². The molecule has 0 radical (unpaired) electrons. The summed E-state index contributed by atoms with van der Waals surface area (Å²) in [5.41, 5.74) is 1.34. The predicted octanol–water partition coefficient (Wildman–Crippen LogP) is 4.10. The molecule has 1 atom stereocenters. The minimum atomic E-state index is -0.993. The number of hydrogen-bond acceptors (Lipinski definition) is 10. The third kappa shape index (κ3) is 3.86. The van der Waals surface area contributed by atoms with E-state index in [1.54, 1.807) is 45.0 Å². The summed E-state index contributed by atoms with van der Waals surface area (Å²) in [7, 11) is 2.76. The Hall–Kier alpha value is -3.57. The second-order valence-corrected chi connectivity index (χ2v) is 9.68. The number of aryl methyl sites for hydroxylation is 3. The fourth-order valence-electron chi connectivity index (χ4n) is 3.79. The van der Waals surface area contributed by atoms with Crippen LogP contribution in [0.25, 0.3) is 0 Å². The molecule has 9 nitrogen and oxygen atoms in total. The maximum Gasteiger partial charge on any atom is 0.350 e. The number of carbonyl (C=O) groups excluding carboxylic acids is 3. The van der Waals surface area contributed by atoms with Gasteiger partial charge in [0.25, 0.3) is 5.91 Å². The van der Waals surface area contributed by atoms with Crippen molar-refractivity contribution in [1.29, 1.82) is 0 Å². The molecule has 0 spiro atoms. The van der Waals surface area contributed by atoms with Crippen LogP contribution in [0, 0.1) is 20.8 Å². The van der Waals surface area contributed by atoms with Crippen molar-refractivity contribution in [3.8, 4) is 5.75 Å². The first-order valence-corrected chi connectivity index (χ1v) is 11.8. The van der Waals surface area contributed by atoms with Crippen molar-refractivity contribution < 1.29 is 29.0 Å². The number of anilines is 1. The van der Waals surface area contributed by atoms with E-state index >= 15 is 0 Å². The zero-order valence-corrected chi connectivity index (χ0v) is 20.7. The summed E-state index contributed by atoms with van der Waals surface area (Å²) in [5.74, 6) is -2.03. The first-order chi connectivity index (χ1) is 16.2. The highest BCUT2D eigenvalue weighted by Crippen LogP contribution is 2.45. The molecule has 11 heteroatoms. The number of amides is 1. The lowest BCUT2D eigenvalue weighted by Crippen LogP contribution is -2.31. The van der Waals surface area contributed by atoms with Gasteiger partial charge in [-0.1, -0.05) is 23.5 Å². The third-order valence-corrected chi connectivity index (χ3v) is 7.54. The van der Waals surface area contributed by atoms with Gasteiger partial charge in [-0.05, 0) is 38.5 Å². The number of rotatable bonds is 6. The zero-order valence-electron chi connectivity index (χ0n) is 19.0. The van der Waals surface area contributed by atoms with Gasteiger partial charge in [-0.3, -0.25) is 14.5 Å². The molecule has 2 aromatic heterocycles. The van der Waals surface area contributed by atoms with Gasteiger partial charge in [-0.15, -0.1) is 11.3 Å². The van der Waals surface area contributed by atoms with Crippen LogP contribution in [-0.4, -0.2) is 47.0 Å². The number of ether oxygens (including phenoxy) is 2. The summed E-state index contributed by atoms with van der Waals surface area (Å²) in [4.78, 5) is 49.6. The molecule has 34 heavy (non-hydrogen) atoms. The second kappa shape index (κ2) is 8.99. The van der Waals surface area contributed by atoms with Crippen molar-refractivity contribution in [1.82, 2.24) is 9.97 Å². The molecule has 3 aromatic rings. The van der Waals surface area contributed by atoms with Gasteiger partial charge < -0.3 is 14.6 Å². The summed E-state index contributed by atoms with van der Waals surface area (Å²) in [5, 5.41) is 11.8. The minimum Gasteiger partial charge on any atom is -0.503 e. The van der Waals surface area contributed by atoms with Crippen molar-refractivity contribution in [3.05, 3.63) is 67.3 Å². The number of methoxy groups -OCH3 is 2. The van der Waals surface area contributed by atoms with Crippen LogP contribution < -0.4 is 9.64 Å². The molecule has 1 aromatic carbocycles. The molecule has 4 rings (SSSR count). The molecule has 1 aliphatic heterocycles. The Kier molecular flexibility index (Phi) is 6.24. The van der Waals surface area contributed by atoms with E-state index in [1.807, 2.05) is 0 Å². The van der Waals surface area contributed by atoms with E-state index in [9.17, 15) is 19.5 Å². The summed E-state index contributed by atoms with van der Waals surface area (Å²) >= 11 is 2.14. The smallest absolute Gasteiger partial charge is 0.350 e. The third-order valence-electron chi connectivity index (χ3n) is 5.33. The number of carbonyl (C=O) groups is 3. The normalized spacial score (nSPS) is 15.7. The van der Waals surface area contributed by atoms with Crippen molar-refractivity contribution >= 4 is 45.5 Å². The van der Waals surface area contributed by atoms with Gasteiger partial charge in [-0.25, -0.2) is 14.8 Å². The van der Waals surface area contributed by atoms with E-state index in [1.165, 1.54) is 30.5 Å². The van der Waals surface area contributed by atoms with Gasteiger partial charge in [0, 0.05) is 0 Å². The van der Waals surface area contributed by atoms with E-state index < -0.39 is 29.5 Å². The molecule has 0 bridgehead atoms. The fourth-order valence-corrected chi connectivity index (χ4v) is 5.68. The number of esters is 1. The number of aliphatic hydroxyl groups is 1. The van der Waals surface area contributed by atoms with Crippen LogP contribution in [0.15, 0.2) is 35.6 Å². The topological polar surface area (TPSA) is 119 Å². The average Bonchev–Trinajstić information content (AvgIpc) is 3.45. The summed E-state index contributed by atoms with van der Waals surface area (Å²) in [6.07, 6.45) is 0. The van der Waals surface area contributed by atoms with E-state index in [4.69, 9.17) is 9.47 Å². The summed E-state index contributed by atoms with van der Waals surface area (Å²) < 4.78 is 10.1. The quantitative estimate of drug-likeness (QED) is 0.398. The van der Waals surface area contributed by atoms with Gasteiger partial charge in [0.1, 0.15) is 10.6 Å². The fraction of sp³-hybridized carbons (Fsp3) is 0.261. The number of hydrogen-bond donors (Lipinski definition) is 1. The molecule has 176 valence electrons. The van der Waals surface area contributed by atoms with Gasteiger partial charge >= 0.3 is 5.97 Å². The van der Waals surface area contributed by atoms with Crippen LogP contribution in [-0.2, 0) is 9.53 Å². The van der Waals surface area contributed by atoms with Crippen molar-refractivity contribution in [2.75, 3.05) is 19.1 Å². The Morgan fingerprint density at radius 2 is 1.76 bits per heavy atom. The Labute approximate surface area is 203 Å². The van der Waals surface area contributed by atoms with E-state index in [2.05, 4.69) is 9.97 Å². The molecule has 0 fully saturated rings. The molecule has 0 saturated heterocycles. The summed E-state index contributed by atoms with van der Waals surface area (Å²) in [6.45, 7) is 5.10. The van der Waals surface area contributed by atoms with Crippen LogP contribution in [0.2, 0.25) is 0 Å². The number of ketones is 1. The van der Waals surface area contributed by atoms with Crippen LogP contribution in [0.5, 0.6) is 5.75 Å². The average molecular weight is 500 g/mol. The van der Waals surface area contributed by atoms with Crippen LogP contribution in [0.1, 0.15) is 47.3 Å². The molecule has 1 aliphatic rings. The first kappa shape index (κ1) is 23.6. The maximum absolute atomic E-state index is 13.6. The lowest BCUT2D eigenvalue weighted by molar-refractivity contribution is -0.117. The van der Waals surface area contributed by atoms with Crippen LogP contribution in [0.3, 0.4) is 0 Å². The molecular formula is C23H21N3O6S2. The van der Waals surface area contributed by atoms with Crippen molar-refractivity contribution in [3.63, 3.8) is 0 Å². The Bertz CT molecular complexity index is 1360. The number of thiazole rings is 2. The van der Waals surface area contributed by atoms with Gasteiger partial charge in [0.15, 0.2) is 10.9 Å². The maximum atomic E-state index is 13.6. The predicted molar refractivity (Wildman–Crippen MR) is 127 cm³/mol. The largest absolute Gasteiger partial charge is 0.503 e. The van der Waals surface area contributed by atoms with E-state index in [-0.39, 0.29) is 15.6 Å². The highest BCUT2D eigenvalue weighted by molar-refractivity contribution is 7.17. The number of aliphatic hydroxyl groups excluding tert-OH is 1. The number of Topliss-reactive ketones (excluding diaryl/α,β-unsaturated/α-hetero) is 1. The van der Waals surface area contributed by atoms with Crippen LogP contribution >= 0.6 is 22.7 Å². The Morgan fingerprint density at radius 3 is 2.38 bits per heavy atom. The zero-order chi connectivity index (χ0) is 24.7. The molecule has 0 saturated carbocycles. The lowest BCUT2D eigenvalue weighted by Gasteiger charge is -2.24. The number of benzene rings is 1. The number of nitrogens with zero attached hydrogens (tertiary/aromatic N) is 3. The second-order valence-electron chi connectivity index (χ2n) is 7.50. The van der Waals surface area contributed by atoms with E-state index in [0.717, 1.165) is 11.3 Å². The first-order valence-electron chi connectivity index (χ1n) is 10.1. The van der Waals surface area contributed by atoms with Crippen LogP contribution in [0.4, 0.5) is 5.13 Å². The highest BCUT2D eigenvalue weighted by Gasteiger charge is 2.47. The molecule has 1 N–H and O–H groups in total. The standard InChI is InChI=1S/C23H21N3O6S2/c1-10-19(33-12(3)24-10)17(27)15-16(13-7-6-8-14(9-13)31-4)26(21(29)18(15)28)23-25-11(2)20(34-23)22(30)32-5/h6-9,16,28H,1-5H3. The van der Waals surface area contributed by atoms with E-state index in [0.29, 0.717) is 32.6 Å². The lowest BCUT2D eigenvalue weighted by atomic mass is 9.95. The number of aromatic nitrogens is 2. The molecule has 1 amide bonds. The highest BCUT2D eigenvalue weighted by atomic mass is 32.1. The van der Waals surface area contributed by atoms with Gasteiger partial charge in [0.2, 0.25) is 5.78 Å². The van der Waals surface area contributed by atoms with Gasteiger partial charge in [-0.2, -0.15) is 0 Å². The Morgan fingerprint density at radius 1 is 1.06 bits per heavy atom. The molecule has 1 unspecified atom stereocenters. The van der Waals surface area contributed by atoms with Crippen molar-refractivity contribution in [2.45, 2.75) is 26.8 Å². The monoisotopic (exact) mass is 499 g/mol. The minimum absolute atomic E-state index is 0.0857. The SMILES string of the molecule is COC(=O)c1sc(N2C(=O)C(O)=C(C(=O)c3sc(C)nc3C)C2c2cccc(OC)c2)nc1C. The molecule has 0 aliphatic carbocycles.